The van der Waals surface area contributed by atoms with Crippen LogP contribution in [-0.4, -0.2) is 143 Å². The van der Waals surface area contributed by atoms with Crippen molar-refractivity contribution < 1.29 is 66.1 Å². The topological polar surface area (TPSA) is 137 Å². The van der Waals surface area contributed by atoms with Gasteiger partial charge in [0.15, 0.2) is 37.7 Å². The third-order valence-electron chi connectivity index (χ3n) is 16.5. The summed E-state index contributed by atoms with van der Waals surface area (Å²) in [5.41, 5.74) is -0.934. The van der Waals surface area contributed by atoms with E-state index >= 15 is 0 Å². The third kappa shape index (κ3) is 13.2. The summed E-state index contributed by atoms with van der Waals surface area (Å²) in [6, 6.07) is 1.08. The summed E-state index contributed by atoms with van der Waals surface area (Å²) >= 11 is 0. The lowest BCUT2D eigenvalue weighted by atomic mass is 9.78. The maximum atomic E-state index is 14.3. The first-order valence-corrected chi connectivity index (χ1v) is 32.1. The Balaban J connectivity index is 1.25. The van der Waals surface area contributed by atoms with Crippen LogP contribution in [0.2, 0.25) is 43.8 Å². The molecule has 67 heavy (non-hydrogen) atoms. The van der Waals surface area contributed by atoms with Crippen LogP contribution in [-0.2, 0) is 66.1 Å². The molecule has 0 aromatic carbocycles. The predicted molar refractivity (Wildman–Crippen MR) is 263 cm³/mol. The number of esters is 1. The fourth-order valence-corrected chi connectivity index (χ4v) is 13.0. The van der Waals surface area contributed by atoms with Crippen LogP contribution in [0.4, 0.5) is 0 Å². The van der Waals surface area contributed by atoms with E-state index in [2.05, 4.69) is 102 Å². The first-order valence-electron chi connectivity index (χ1n) is 25.5. The first-order chi connectivity index (χ1) is 31.3. The van der Waals surface area contributed by atoms with E-state index in [4.69, 9.17) is 61.3 Å². The highest BCUT2D eigenvalue weighted by molar-refractivity contribution is 6.76. The smallest absolute Gasteiger partial charge is 0.336 e. The Kier molecular flexibility index (Phi) is 19.8. The number of hydrogen-bond acceptors (Lipinski definition) is 14. The number of rotatable bonds is 23. The molecule has 0 unspecified atom stereocenters. The monoisotopic (exact) mass is 987 g/mol. The summed E-state index contributed by atoms with van der Waals surface area (Å²) in [5, 5.41) is 0.0998. The average Bonchev–Trinajstić information content (AvgIpc) is 3.98. The molecule has 390 valence electrons. The van der Waals surface area contributed by atoms with E-state index in [1.54, 1.807) is 27.6 Å². The van der Waals surface area contributed by atoms with Crippen molar-refractivity contribution in [3.63, 3.8) is 0 Å². The molecule has 5 rings (SSSR count). The molecule has 0 radical (unpaired) electrons. The van der Waals surface area contributed by atoms with Crippen molar-refractivity contribution in [2.75, 3.05) is 54.7 Å². The van der Waals surface area contributed by atoms with Gasteiger partial charge in [0.05, 0.1) is 36.8 Å². The largest absolute Gasteiger partial charge is 0.488 e. The molecule has 5 heterocycles. The lowest BCUT2D eigenvalue weighted by Crippen LogP contribution is -2.58. The van der Waals surface area contributed by atoms with Gasteiger partial charge in [-0.3, -0.25) is 0 Å². The standard InChI is InChI=1S/C51H94O14Si2/c1-19-50(46-34(3)27-40(61-46)44-33(2)26-36(5)51(55-13,65-44)30-57-32-56-24-25-66(14,15)16)42(21-23-59-50)62-47(52)39-20-22-49(63-39)28-41(58-31-53-11)37(6)45(64-49)38(7)43(54-12)35(4)29-60-67(17,18)48(8,9)10/h21,23,33-46H,19-20,22,24-32H2,1-18H3/t33-,34-,35+,36+,37+,38-,39+,40+,41-,42+,43-,44-,45-,46+,49-,50-,51-/m0/s1. The first kappa shape index (κ1) is 56.9. The van der Waals surface area contributed by atoms with E-state index in [1.807, 2.05) is 6.08 Å². The van der Waals surface area contributed by atoms with Crippen LogP contribution in [0.25, 0.3) is 0 Å². The molecule has 16 heteroatoms. The van der Waals surface area contributed by atoms with E-state index in [0.29, 0.717) is 38.9 Å². The van der Waals surface area contributed by atoms with Crippen molar-refractivity contribution >= 4 is 22.4 Å². The van der Waals surface area contributed by atoms with E-state index in [1.165, 1.54) is 0 Å². The van der Waals surface area contributed by atoms with Gasteiger partial charge in [-0.15, -0.1) is 0 Å². The zero-order chi connectivity index (χ0) is 49.8. The molecule has 0 aromatic heterocycles. The van der Waals surface area contributed by atoms with Crippen LogP contribution < -0.4 is 0 Å². The van der Waals surface area contributed by atoms with Crippen molar-refractivity contribution in [2.24, 2.45) is 35.5 Å². The summed E-state index contributed by atoms with van der Waals surface area (Å²) in [7, 11) is 1.90. The van der Waals surface area contributed by atoms with E-state index in [0.717, 1.165) is 18.9 Å². The van der Waals surface area contributed by atoms with E-state index < -0.39 is 51.7 Å². The van der Waals surface area contributed by atoms with Gasteiger partial charge in [0, 0.05) is 79.1 Å². The Bertz CT molecular complexity index is 1590. The Morgan fingerprint density at radius 2 is 1.64 bits per heavy atom. The second-order valence-electron chi connectivity index (χ2n) is 23.7. The minimum absolute atomic E-state index is 0.00609. The van der Waals surface area contributed by atoms with Gasteiger partial charge in [-0.05, 0) is 67.8 Å². The molecule has 0 aliphatic carbocycles. The van der Waals surface area contributed by atoms with Crippen molar-refractivity contribution in [1.82, 2.24) is 0 Å². The summed E-state index contributed by atoms with van der Waals surface area (Å²) in [5.74, 6) is -2.00. The van der Waals surface area contributed by atoms with Crippen LogP contribution in [0, 0.1) is 35.5 Å². The van der Waals surface area contributed by atoms with Crippen LogP contribution in [0.15, 0.2) is 12.3 Å². The molecule has 14 nitrogen and oxygen atoms in total. The molecule has 0 saturated carbocycles. The highest BCUT2D eigenvalue weighted by Gasteiger charge is 2.60. The van der Waals surface area contributed by atoms with Gasteiger partial charge in [-0.25, -0.2) is 4.79 Å². The van der Waals surface area contributed by atoms with Crippen molar-refractivity contribution in [2.45, 2.75) is 218 Å². The maximum Gasteiger partial charge on any atom is 0.336 e. The zero-order valence-electron chi connectivity index (χ0n) is 44.9. The fourth-order valence-electron chi connectivity index (χ4n) is 11.1. The molecule has 0 aromatic rings. The molecule has 17 atom stereocenters. The highest BCUT2D eigenvalue weighted by Crippen LogP contribution is 2.50. The highest BCUT2D eigenvalue weighted by atomic mass is 28.4. The Labute approximate surface area is 407 Å². The fraction of sp³-hybridized carbons (Fsp3) is 0.941. The predicted octanol–water partition coefficient (Wildman–Crippen LogP) is 9.72. The van der Waals surface area contributed by atoms with Crippen LogP contribution >= 0.6 is 0 Å². The SMILES string of the molecule is CC[C@]1([C@@H]2O[C@@H]([C@H]3O[C@](COCOCC[Si](C)(C)C)(OC)[C@H](C)C[C@@H]3C)C[C@@H]2C)OC=C[C@H]1OC(=O)[C@H]1CC[C@]2(C[C@H](OCOC)[C@@H](C)[C@@H]([C@@H](C)[C@@H](OC)[C@H](C)CO[Si](C)(C)C(C)(C)C)O2)O1. The number of hydrogen-bond donors (Lipinski definition) is 0. The second-order valence-corrected chi connectivity index (χ2v) is 34.2. The molecule has 0 amide bonds. The minimum atomic E-state index is -1.97. The minimum Gasteiger partial charge on any atom is -0.488 e. The lowest BCUT2D eigenvalue weighted by Gasteiger charge is -2.49. The normalized spacial score (nSPS) is 38.6. The van der Waals surface area contributed by atoms with Crippen LogP contribution in [0.3, 0.4) is 0 Å². The van der Waals surface area contributed by atoms with Gasteiger partial charge in [0.25, 0.3) is 0 Å². The number of carbonyl (C=O) groups excluding carboxylic acids is 1. The second kappa shape index (κ2) is 23.3. The van der Waals surface area contributed by atoms with Crippen LogP contribution in [0.5, 0.6) is 0 Å². The zero-order valence-corrected chi connectivity index (χ0v) is 46.9. The quantitative estimate of drug-likeness (QED) is 0.0416. The summed E-state index contributed by atoms with van der Waals surface area (Å²) in [6.45, 7) is 35.3. The Morgan fingerprint density at radius 1 is 0.925 bits per heavy atom. The Hall–Kier alpha value is -0.996. The van der Waals surface area contributed by atoms with E-state index in [9.17, 15) is 4.79 Å². The average molecular weight is 987 g/mol. The molecule has 0 N–H and O–H groups in total. The summed E-state index contributed by atoms with van der Waals surface area (Å²) in [4.78, 5) is 14.3. The van der Waals surface area contributed by atoms with E-state index in [-0.39, 0.29) is 97.4 Å². The van der Waals surface area contributed by atoms with Crippen molar-refractivity contribution in [3.8, 4) is 0 Å². The molecular weight excluding hydrogens is 893 g/mol. The Morgan fingerprint density at radius 3 is 2.27 bits per heavy atom. The lowest BCUT2D eigenvalue weighted by molar-refractivity contribution is -0.340. The maximum absolute atomic E-state index is 14.3. The number of methoxy groups -OCH3 is 3. The van der Waals surface area contributed by atoms with Crippen molar-refractivity contribution in [3.05, 3.63) is 12.3 Å². The van der Waals surface area contributed by atoms with Gasteiger partial charge < -0.3 is 61.3 Å². The van der Waals surface area contributed by atoms with Crippen molar-refractivity contribution in [1.29, 1.82) is 0 Å². The van der Waals surface area contributed by atoms with Gasteiger partial charge in [0.2, 0.25) is 0 Å². The van der Waals surface area contributed by atoms with Gasteiger partial charge in [0.1, 0.15) is 26.3 Å². The molecule has 5 aliphatic heterocycles. The third-order valence-corrected chi connectivity index (χ3v) is 22.7. The molecule has 0 bridgehead atoms. The molecule has 4 fully saturated rings. The number of carbonyl (C=O) groups is 1. The van der Waals surface area contributed by atoms with Gasteiger partial charge in [-0.2, -0.15) is 0 Å². The van der Waals surface area contributed by atoms with Gasteiger partial charge >= 0.3 is 5.97 Å². The molecule has 1 spiro atoms. The molecular formula is C51H94O14Si2. The number of ether oxygens (including phenoxy) is 12. The molecule has 4 saturated heterocycles. The summed E-state index contributed by atoms with van der Waals surface area (Å²) in [6.07, 6.45) is 4.02. The summed E-state index contributed by atoms with van der Waals surface area (Å²) < 4.78 is 83.4. The molecule has 5 aliphatic rings. The van der Waals surface area contributed by atoms with Crippen LogP contribution in [0.1, 0.15) is 108 Å². The van der Waals surface area contributed by atoms with Gasteiger partial charge in [-0.1, -0.05) is 88.9 Å².